The molecule has 1 aliphatic heterocycles. The molecule has 3 N–H and O–H groups in total. The molecular formula is C26H23F3N8O. The summed E-state index contributed by atoms with van der Waals surface area (Å²) in [6.45, 7) is 4.16. The lowest BCUT2D eigenvalue weighted by Gasteiger charge is -2.26. The summed E-state index contributed by atoms with van der Waals surface area (Å²) in [6, 6.07) is 12.7. The Morgan fingerprint density at radius 3 is 2.74 bits per heavy atom. The second-order valence-corrected chi connectivity index (χ2v) is 8.95. The molecule has 194 valence electrons. The normalized spacial score (nSPS) is 14.7. The van der Waals surface area contributed by atoms with Gasteiger partial charge in [0.25, 0.3) is 0 Å². The number of nitrogens with one attached hydrogen (secondary N) is 3. The second-order valence-electron chi connectivity index (χ2n) is 8.95. The van der Waals surface area contributed by atoms with Crippen molar-refractivity contribution in [1.29, 1.82) is 0 Å². The highest BCUT2D eigenvalue weighted by molar-refractivity contribution is 5.83. The van der Waals surface area contributed by atoms with Crippen LogP contribution in [0.15, 0.2) is 60.9 Å². The fourth-order valence-electron chi connectivity index (χ4n) is 4.39. The number of nitrogens with zero attached hydrogens (tertiary/aromatic N) is 5. The fourth-order valence-corrected chi connectivity index (χ4v) is 4.39. The molecule has 1 aliphatic rings. The van der Waals surface area contributed by atoms with Gasteiger partial charge >= 0.3 is 6.18 Å². The monoisotopic (exact) mass is 520 g/mol. The molecule has 5 aromatic rings. The molecule has 0 bridgehead atoms. The van der Waals surface area contributed by atoms with Gasteiger partial charge in [0, 0.05) is 31.4 Å². The van der Waals surface area contributed by atoms with Crippen molar-refractivity contribution >= 4 is 22.5 Å². The number of benzene rings is 2. The first-order valence-electron chi connectivity index (χ1n) is 12.0. The highest BCUT2D eigenvalue weighted by atomic mass is 19.4. The van der Waals surface area contributed by atoms with E-state index in [1.165, 1.54) is 17.8 Å². The highest BCUT2D eigenvalue weighted by Crippen LogP contribution is 2.32. The van der Waals surface area contributed by atoms with Crippen LogP contribution in [0.4, 0.5) is 24.7 Å². The van der Waals surface area contributed by atoms with Crippen LogP contribution in [0.2, 0.25) is 0 Å². The first kappa shape index (κ1) is 24.1. The van der Waals surface area contributed by atoms with Gasteiger partial charge in [-0.15, -0.1) is 0 Å². The van der Waals surface area contributed by atoms with Crippen LogP contribution in [0.5, 0.6) is 0 Å². The number of alkyl halides is 3. The third-order valence-electron chi connectivity index (χ3n) is 6.30. The minimum atomic E-state index is -4.45. The van der Waals surface area contributed by atoms with Gasteiger partial charge in [0.2, 0.25) is 0 Å². The largest absolute Gasteiger partial charge is 0.416 e. The van der Waals surface area contributed by atoms with Crippen LogP contribution >= 0.6 is 0 Å². The second kappa shape index (κ2) is 9.88. The minimum absolute atomic E-state index is 0.169. The van der Waals surface area contributed by atoms with Crippen LogP contribution in [-0.4, -0.2) is 61.3 Å². The number of aromatic nitrogens is 6. The number of hydrogen-bond donors (Lipinski definition) is 3. The van der Waals surface area contributed by atoms with E-state index >= 15 is 0 Å². The van der Waals surface area contributed by atoms with Crippen molar-refractivity contribution in [2.45, 2.75) is 12.7 Å². The zero-order chi connectivity index (χ0) is 26.1. The summed E-state index contributed by atoms with van der Waals surface area (Å²) in [5.74, 6) is 1.16. The van der Waals surface area contributed by atoms with Crippen molar-refractivity contribution in [3.05, 3.63) is 72.1 Å². The number of rotatable bonds is 6. The summed E-state index contributed by atoms with van der Waals surface area (Å²) in [5.41, 5.74) is 3.63. The van der Waals surface area contributed by atoms with Gasteiger partial charge in [0.05, 0.1) is 41.7 Å². The summed E-state index contributed by atoms with van der Waals surface area (Å²) in [7, 11) is 0. The number of aromatic amines is 2. The standard InChI is InChI=1S/C26H23F3N8O/c27-26(28,29)18-3-1-2-17(13-18)24-30-7-6-22(35-24)32-21-14-31-36-23(21)25-33-19-5-4-16(12-20(19)34-25)15-37-8-10-38-11-9-37/h1-7,12-14H,8-11,15H2,(H,31,36)(H,33,34)(H,30,32,35). The molecular weight excluding hydrogens is 497 g/mol. The third kappa shape index (κ3) is 5.08. The Morgan fingerprint density at radius 1 is 1.03 bits per heavy atom. The molecule has 38 heavy (non-hydrogen) atoms. The Hall–Kier alpha value is -4.29. The Kier molecular flexibility index (Phi) is 6.26. The van der Waals surface area contributed by atoms with Gasteiger partial charge in [0.1, 0.15) is 11.5 Å². The lowest BCUT2D eigenvalue weighted by Crippen LogP contribution is -2.35. The van der Waals surface area contributed by atoms with E-state index in [1.807, 2.05) is 6.07 Å². The topological polar surface area (TPSA) is 108 Å². The molecule has 0 atom stereocenters. The molecule has 0 radical (unpaired) electrons. The summed E-state index contributed by atoms with van der Waals surface area (Å²) in [5, 5.41) is 10.3. The minimum Gasteiger partial charge on any atom is -0.379 e. The Labute approximate surface area is 215 Å². The maximum absolute atomic E-state index is 13.1. The number of imidazole rings is 1. The predicted octanol–water partition coefficient (Wildman–Crippen LogP) is 5.00. The molecule has 12 heteroatoms. The lowest BCUT2D eigenvalue weighted by atomic mass is 10.1. The van der Waals surface area contributed by atoms with Crippen LogP contribution in [0.25, 0.3) is 33.9 Å². The van der Waals surface area contributed by atoms with Crippen molar-refractivity contribution in [1.82, 2.24) is 35.0 Å². The number of hydrogen-bond acceptors (Lipinski definition) is 7. The number of morpholine rings is 1. The third-order valence-corrected chi connectivity index (χ3v) is 6.30. The molecule has 0 unspecified atom stereocenters. The summed E-state index contributed by atoms with van der Waals surface area (Å²) < 4.78 is 44.9. The van der Waals surface area contributed by atoms with Gasteiger partial charge in [-0.25, -0.2) is 15.0 Å². The van der Waals surface area contributed by atoms with Crippen molar-refractivity contribution in [2.75, 3.05) is 31.6 Å². The molecule has 0 aliphatic carbocycles. The van der Waals surface area contributed by atoms with Gasteiger partial charge in [-0.2, -0.15) is 18.3 Å². The van der Waals surface area contributed by atoms with Crippen LogP contribution in [0.1, 0.15) is 11.1 Å². The first-order valence-corrected chi connectivity index (χ1v) is 12.0. The van der Waals surface area contributed by atoms with Gasteiger partial charge in [-0.1, -0.05) is 18.2 Å². The van der Waals surface area contributed by atoms with Gasteiger partial charge in [0.15, 0.2) is 11.6 Å². The quantitative estimate of drug-likeness (QED) is 0.289. The molecule has 0 saturated carbocycles. The molecule has 2 aromatic carbocycles. The average Bonchev–Trinajstić information content (AvgIpc) is 3.55. The van der Waals surface area contributed by atoms with E-state index in [-0.39, 0.29) is 11.4 Å². The maximum atomic E-state index is 13.1. The molecule has 1 fully saturated rings. The van der Waals surface area contributed by atoms with Crippen molar-refractivity contribution < 1.29 is 17.9 Å². The number of H-pyrrole nitrogens is 2. The molecule has 0 spiro atoms. The van der Waals surface area contributed by atoms with E-state index in [0.29, 0.717) is 23.0 Å². The average molecular weight is 521 g/mol. The van der Waals surface area contributed by atoms with Crippen LogP contribution in [0.3, 0.4) is 0 Å². The Balaban J connectivity index is 1.23. The van der Waals surface area contributed by atoms with Gasteiger partial charge in [-0.05, 0) is 35.9 Å². The molecule has 1 saturated heterocycles. The number of ether oxygens (including phenoxy) is 1. The highest BCUT2D eigenvalue weighted by Gasteiger charge is 2.30. The number of anilines is 2. The van der Waals surface area contributed by atoms with Crippen LogP contribution < -0.4 is 5.32 Å². The van der Waals surface area contributed by atoms with Crippen LogP contribution in [0, 0.1) is 0 Å². The van der Waals surface area contributed by atoms with E-state index in [0.717, 1.165) is 56.0 Å². The summed E-state index contributed by atoms with van der Waals surface area (Å²) >= 11 is 0. The summed E-state index contributed by atoms with van der Waals surface area (Å²) in [6.07, 6.45) is -1.37. The Bertz CT molecular complexity index is 1570. The van der Waals surface area contributed by atoms with Crippen molar-refractivity contribution in [2.24, 2.45) is 0 Å². The molecule has 6 rings (SSSR count). The molecule has 4 heterocycles. The van der Waals surface area contributed by atoms with Crippen molar-refractivity contribution in [3.63, 3.8) is 0 Å². The zero-order valence-corrected chi connectivity index (χ0v) is 20.1. The van der Waals surface area contributed by atoms with Gasteiger partial charge in [-0.3, -0.25) is 10.00 Å². The number of halogens is 3. The van der Waals surface area contributed by atoms with Crippen molar-refractivity contribution in [3.8, 4) is 22.9 Å². The van der Waals surface area contributed by atoms with E-state index in [2.05, 4.69) is 47.5 Å². The maximum Gasteiger partial charge on any atom is 0.416 e. The predicted molar refractivity (Wildman–Crippen MR) is 136 cm³/mol. The zero-order valence-electron chi connectivity index (χ0n) is 20.1. The van der Waals surface area contributed by atoms with E-state index in [9.17, 15) is 13.2 Å². The fraction of sp³-hybridized carbons (Fsp3) is 0.231. The molecule has 3 aromatic heterocycles. The molecule has 0 amide bonds. The van der Waals surface area contributed by atoms with E-state index in [1.54, 1.807) is 18.3 Å². The number of fused-ring (bicyclic) bond motifs is 1. The smallest absolute Gasteiger partial charge is 0.379 e. The SMILES string of the molecule is FC(F)(F)c1cccc(-c2nccc(Nc3cn[nH]c3-c3nc4ccc(CN5CCOCC5)cc4[nH]3)n2)c1. The van der Waals surface area contributed by atoms with E-state index < -0.39 is 11.7 Å². The Morgan fingerprint density at radius 2 is 1.89 bits per heavy atom. The van der Waals surface area contributed by atoms with Gasteiger partial charge < -0.3 is 15.0 Å². The van der Waals surface area contributed by atoms with E-state index in [4.69, 9.17) is 9.72 Å². The summed E-state index contributed by atoms with van der Waals surface area (Å²) in [4.78, 5) is 19.0. The lowest BCUT2D eigenvalue weighted by molar-refractivity contribution is -0.137. The first-order chi connectivity index (χ1) is 18.4. The molecule has 9 nitrogen and oxygen atoms in total. The van der Waals surface area contributed by atoms with Crippen LogP contribution in [-0.2, 0) is 17.5 Å².